The molecule has 0 unspecified atom stereocenters. The Bertz CT molecular complexity index is 2380. The fraction of sp³-hybridized carbons (Fsp3) is 0.348. The summed E-state index contributed by atoms with van der Waals surface area (Å²) in [6.45, 7) is 24.6. The summed E-state index contributed by atoms with van der Waals surface area (Å²) in [5.41, 5.74) is 4.69. The van der Waals surface area contributed by atoms with E-state index in [1.807, 2.05) is 19.7 Å². The van der Waals surface area contributed by atoms with Gasteiger partial charge in [0.05, 0.1) is 53.8 Å². The Labute approximate surface area is 383 Å². The molecular weight excluding hydrogens is 890 g/mol. The Morgan fingerprint density at radius 1 is 0.825 bits per heavy atom. The number of carbonyl (C=O) groups excluding carboxylic acids is 2. The molecule has 63 heavy (non-hydrogen) atoms. The predicted octanol–water partition coefficient (Wildman–Crippen LogP) is 10.8. The van der Waals surface area contributed by atoms with Crippen LogP contribution >= 0.6 is 30.6 Å². The molecule has 1 saturated heterocycles. The molecular formula is C46H48Cl2F2N5O6PS. The van der Waals surface area contributed by atoms with Gasteiger partial charge < -0.3 is 24.7 Å². The van der Waals surface area contributed by atoms with E-state index in [2.05, 4.69) is 37.0 Å². The monoisotopic (exact) mass is 937 g/mol. The van der Waals surface area contributed by atoms with Crippen molar-refractivity contribution in [3.63, 3.8) is 0 Å². The minimum absolute atomic E-state index is 0.206. The van der Waals surface area contributed by atoms with Crippen LogP contribution < -0.4 is 5.32 Å². The van der Waals surface area contributed by atoms with E-state index < -0.39 is 35.8 Å². The van der Waals surface area contributed by atoms with Crippen molar-refractivity contribution in [2.45, 2.75) is 71.5 Å². The van der Waals surface area contributed by atoms with Gasteiger partial charge in [-0.1, -0.05) is 59.3 Å². The van der Waals surface area contributed by atoms with Gasteiger partial charge in [0.25, 0.3) is 0 Å². The summed E-state index contributed by atoms with van der Waals surface area (Å²) in [6, 6.07) is 17.5. The number of aliphatic hydroxyl groups is 2. The van der Waals surface area contributed by atoms with Crippen molar-refractivity contribution in [3.8, 4) is 11.5 Å². The lowest BCUT2D eigenvalue weighted by atomic mass is 9.91. The number of nitrogens with one attached hydrogen (secondary N) is 1. The molecule has 0 radical (unpaired) electrons. The fourth-order valence-electron chi connectivity index (χ4n) is 6.10. The third-order valence-corrected chi connectivity index (χ3v) is 10.8. The van der Waals surface area contributed by atoms with E-state index in [0.29, 0.717) is 39.0 Å². The van der Waals surface area contributed by atoms with Crippen molar-refractivity contribution in [2.24, 2.45) is 5.92 Å². The molecule has 3 N–H and O–H groups in total. The van der Waals surface area contributed by atoms with Gasteiger partial charge in [0.2, 0.25) is 29.1 Å². The summed E-state index contributed by atoms with van der Waals surface area (Å²) in [4.78, 5) is 31.4. The first-order valence-electron chi connectivity index (χ1n) is 19.7. The molecule has 17 heteroatoms. The molecule has 1 aromatic heterocycles. The van der Waals surface area contributed by atoms with E-state index in [0.717, 1.165) is 37.3 Å². The van der Waals surface area contributed by atoms with Crippen LogP contribution in [0.3, 0.4) is 0 Å². The second-order valence-electron chi connectivity index (χ2n) is 14.3. The molecule has 0 spiro atoms. The summed E-state index contributed by atoms with van der Waals surface area (Å²) in [5, 5.41) is 31.6. The van der Waals surface area contributed by atoms with Crippen LogP contribution in [0, 0.1) is 44.5 Å². The first-order chi connectivity index (χ1) is 30.1. The number of halogens is 4. The van der Waals surface area contributed by atoms with Crippen molar-refractivity contribution in [1.82, 2.24) is 15.5 Å². The second kappa shape index (κ2) is 26.6. The van der Waals surface area contributed by atoms with Gasteiger partial charge in [0.15, 0.2) is 5.78 Å². The largest absolute Gasteiger partial charge is 0.420 e. The number of ketones is 1. The number of Topliss-reactive ketones (excluding diaryl/α,β-unsaturated/α-hetero) is 1. The van der Waals surface area contributed by atoms with Crippen LogP contribution in [0.1, 0.15) is 71.1 Å². The van der Waals surface area contributed by atoms with Crippen LogP contribution in [0.2, 0.25) is 10.0 Å². The SMILES string of the molecule is C1CCOC1.CP=S.[C-]#[N+]c1ccc(C[C@@H](C(=O)NCC(=O)c2ccc(F)cc2)[C@H](C)O)c(C)c1Cl.[C-]#[N+]c1ccc(C[C@@H](c2nnc(-c3ccc(F)cc3)o2)[C@H](C)O)c(C)c1Cl. The minimum Gasteiger partial charge on any atom is -0.420 e. The number of benzene rings is 4. The van der Waals surface area contributed by atoms with E-state index in [1.54, 1.807) is 44.2 Å². The summed E-state index contributed by atoms with van der Waals surface area (Å²) in [5.74, 6) is -2.34. The van der Waals surface area contributed by atoms with E-state index in [-0.39, 0.29) is 41.9 Å². The van der Waals surface area contributed by atoms with Gasteiger partial charge in [-0.2, -0.15) is 0 Å². The normalized spacial score (nSPS) is 13.5. The minimum atomic E-state index is -0.959. The van der Waals surface area contributed by atoms with Gasteiger partial charge in [-0.05, 0) is 138 Å². The molecule has 332 valence electrons. The summed E-state index contributed by atoms with van der Waals surface area (Å²) >= 11 is 16.8. The summed E-state index contributed by atoms with van der Waals surface area (Å²) < 4.78 is 36.7. The number of aliphatic hydroxyl groups excluding tert-OH is 2. The molecule has 11 nitrogen and oxygen atoms in total. The van der Waals surface area contributed by atoms with Crippen molar-refractivity contribution >= 4 is 65.4 Å². The molecule has 6 rings (SSSR count). The molecule has 1 amide bonds. The highest BCUT2D eigenvalue weighted by atomic mass is 35.5. The number of amides is 1. The maximum Gasteiger partial charge on any atom is 0.247 e. The first-order valence-corrected chi connectivity index (χ1v) is 22.8. The maximum atomic E-state index is 13.1. The van der Waals surface area contributed by atoms with E-state index in [4.69, 9.17) is 45.5 Å². The standard InChI is InChI=1S/C21H20ClFN2O3.C20H17ClFN3O2.C4H8O.CH3PS/c1-12-15(6-9-18(24-3)20(12)22)10-17(13(2)26)21(28)25-11-19(27)14-4-7-16(23)8-5-14;1-11-14(6-9-17(23-3)18(11)21)10-16(12(2)26)20-25-24-19(27-20)13-4-7-15(22)8-5-13;1-2-4-5-3-1;1-2-3/h4-9,13,17,26H,10-11H2,1-2H3,(H,25,28);4-9,12,16,26H,10H2,1-2H3;1-4H2;1H3/t13-,17+;12-,16+;;/m00../s1. The second-order valence-corrected chi connectivity index (χ2v) is 16.5. The van der Waals surface area contributed by atoms with Crippen molar-refractivity contribution < 1.29 is 37.7 Å². The number of rotatable bonds is 12. The number of hydrogen-bond donors (Lipinski definition) is 3. The zero-order chi connectivity index (χ0) is 46.6. The van der Waals surface area contributed by atoms with Gasteiger partial charge in [0, 0.05) is 24.3 Å². The third-order valence-electron chi connectivity index (χ3n) is 9.84. The molecule has 0 aliphatic carbocycles. The summed E-state index contributed by atoms with van der Waals surface area (Å²) in [6.07, 6.45) is 1.48. The molecule has 4 aromatic carbocycles. The number of carbonyl (C=O) groups is 2. The Hall–Kier alpha value is -5.02. The Balaban J connectivity index is 0.000000285. The number of ether oxygens (including phenoxy) is 1. The van der Waals surface area contributed by atoms with Crippen LogP contribution in [0.4, 0.5) is 20.2 Å². The lowest BCUT2D eigenvalue weighted by Gasteiger charge is -2.21. The Morgan fingerprint density at radius 3 is 1.76 bits per heavy atom. The molecule has 1 aliphatic heterocycles. The molecule has 5 aromatic rings. The molecule has 1 aliphatic rings. The van der Waals surface area contributed by atoms with Crippen molar-refractivity contribution in [2.75, 3.05) is 26.4 Å². The highest BCUT2D eigenvalue weighted by molar-refractivity contribution is 7.96. The van der Waals surface area contributed by atoms with E-state index in [9.17, 15) is 28.6 Å². The van der Waals surface area contributed by atoms with E-state index in [1.165, 1.54) is 56.2 Å². The molecule has 1 fully saturated rings. The Morgan fingerprint density at radius 2 is 1.32 bits per heavy atom. The zero-order valence-electron chi connectivity index (χ0n) is 35.4. The van der Waals surface area contributed by atoms with Crippen LogP contribution in [-0.4, -0.2) is 70.7 Å². The lowest BCUT2D eigenvalue weighted by Crippen LogP contribution is -2.40. The predicted molar refractivity (Wildman–Crippen MR) is 246 cm³/mol. The molecule has 0 saturated carbocycles. The highest BCUT2D eigenvalue weighted by Crippen LogP contribution is 2.35. The van der Waals surface area contributed by atoms with E-state index >= 15 is 0 Å². The smallest absolute Gasteiger partial charge is 0.247 e. The Kier molecular flexibility index (Phi) is 22.1. The summed E-state index contributed by atoms with van der Waals surface area (Å²) in [7, 11) is 1.00. The topological polar surface area (TPSA) is 144 Å². The lowest BCUT2D eigenvalue weighted by molar-refractivity contribution is -0.127. The van der Waals surface area contributed by atoms with Gasteiger partial charge in [0.1, 0.15) is 11.6 Å². The quantitative estimate of drug-likeness (QED) is 0.0633. The van der Waals surface area contributed by atoms with Gasteiger partial charge in [-0.25, -0.2) is 18.5 Å². The zero-order valence-corrected chi connectivity index (χ0v) is 38.6. The molecule has 4 atom stereocenters. The van der Waals surface area contributed by atoms with Gasteiger partial charge in [-0.15, -0.1) is 10.2 Å². The number of aromatic nitrogens is 2. The molecule has 2 heterocycles. The van der Waals surface area contributed by atoms with Crippen LogP contribution in [0.15, 0.2) is 77.2 Å². The average Bonchev–Trinajstić information content (AvgIpc) is 4.02. The van der Waals surface area contributed by atoms with Crippen molar-refractivity contribution in [3.05, 3.63) is 151 Å². The highest BCUT2D eigenvalue weighted by Gasteiger charge is 2.27. The van der Waals surface area contributed by atoms with Crippen molar-refractivity contribution in [1.29, 1.82) is 0 Å². The maximum absolute atomic E-state index is 13.1. The number of nitrogens with zero attached hydrogens (tertiary/aromatic N) is 4. The van der Waals surface area contributed by atoms with Crippen LogP contribution in [0.25, 0.3) is 21.1 Å². The van der Waals surface area contributed by atoms with Crippen LogP contribution in [0.5, 0.6) is 0 Å². The van der Waals surface area contributed by atoms with Gasteiger partial charge >= 0.3 is 0 Å². The van der Waals surface area contributed by atoms with Gasteiger partial charge in [-0.3, -0.25) is 9.59 Å². The average molecular weight is 939 g/mol. The number of hydrogen-bond acceptors (Lipinski definition) is 9. The molecule has 0 bridgehead atoms. The van der Waals surface area contributed by atoms with Crippen LogP contribution in [-0.2, 0) is 34.2 Å². The first kappa shape index (κ1) is 52.3. The third kappa shape index (κ3) is 15.9. The fourth-order valence-corrected chi connectivity index (χ4v) is 6.55.